The molecule has 1 heterocycles. The van der Waals surface area contributed by atoms with Gasteiger partial charge < -0.3 is 4.98 Å². The molecule has 62 valence electrons. The summed E-state index contributed by atoms with van der Waals surface area (Å²) in [6.07, 6.45) is 0. The Bertz CT molecular complexity index is 408. The number of rotatable bonds is 1. The van der Waals surface area contributed by atoms with Crippen molar-refractivity contribution in [3.05, 3.63) is 35.0 Å². The van der Waals surface area contributed by atoms with Crippen LogP contribution in [0.3, 0.4) is 0 Å². The lowest BCUT2D eigenvalue weighted by Crippen LogP contribution is -1.72. The molecule has 0 aliphatic rings. The molecule has 0 saturated carbocycles. The summed E-state index contributed by atoms with van der Waals surface area (Å²) in [7, 11) is 0. The Morgan fingerprint density at radius 3 is 2.92 bits per heavy atom. The summed E-state index contributed by atoms with van der Waals surface area (Å²) >= 11 is 10.2. The third kappa shape index (κ3) is 1.21. The van der Waals surface area contributed by atoms with E-state index in [-0.39, 0.29) is 0 Å². The SMILES string of the molecule is SCc1cc2c(Cl)cccc2[nH]1. The van der Waals surface area contributed by atoms with Crippen LogP contribution in [0.2, 0.25) is 5.02 Å². The van der Waals surface area contributed by atoms with Crippen LogP contribution in [0, 0.1) is 0 Å². The first kappa shape index (κ1) is 8.02. The predicted molar refractivity (Wildman–Crippen MR) is 56.0 cm³/mol. The van der Waals surface area contributed by atoms with Crippen molar-refractivity contribution in [3.8, 4) is 0 Å². The molecule has 0 aliphatic heterocycles. The first-order valence-corrected chi connectivity index (χ1v) is 4.69. The van der Waals surface area contributed by atoms with Crippen molar-refractivity contribution in [3.63, 3.8) is 0 Å². The number of hydrogen-bond donors (Lipinski definition) is 2. The van der Waals surface area contributed by atoms with E-state index in [0.717, 1.165) is 21.6 Å². The highest BCUT2D eigenvalue weighted by Gasteiger charge is 2.01. The summed E-state index contributed by atoms with van der Waals surface area (Å²) in [6, 6.07) is 7.86. The monoisotopic (exact) mass is 197 g/mol. The van der Waals surface area contributed by atoms with E-state index in [9.17, 15) is 0 Å². The minimum atomic E-state index is 0.713. The van der Waals surface area contributed by atoms with Gasteiger partial charge in [0.15, 0.2) is 0 Å². The molecule has 12 heavy (non-hydrogen) atoms. The molecule has 0 amide bonds. The molecule has 0 atom stereocenters. The van der Waals surface area contributed by atoms with Gasteiger partial charge in [-0.25, -0.2) is 0 Å². The molecule has 1 N–H and O–H groups in total. The molecule has 1 aromatic heterocycles. The van der Waals surface area contributed by atoms with Gasteiger partial charge in [-0.3, -0.25) is 0 Å². The molecule has 3 heteroatoms. The standard InChI is InChI=1S/C9H8ClNS/c10-8-2-1-3-9-7(8)4-6(5-12)11-9/h1-4,11-12H,5H2. The van der Waals surface area contributed by atoms with Crippen LogP contribution in [0.15, 0.2) is 24.3 Å². The molecule has 0 aliphatic carbocycles. The lowest BCUT2D eigenvalue weighted by atomic mass is 10.2. The van der Waals surface area contributed by atoms with Gasteiger partial charge in [0.05, 0.1) is 0 Å². The Morgan fingerprint density at radius 1 is 1.42 bits per heavy atom. The van der Waals surface area contributed by atoms with Gasteiger partial charge in [0.25, 0.3) is 0 Å². The van der Waals surface area contributed by atoms with Crippen LogP contribution >= 0.6 is 24.2 Å². The molecular formula is C9H8ClNS. The molecule has 2 aromatic rings. The third-order valence-corrected chi connectivity index (χ3v) is 2.51. The molecule has 0 unspecified atom stereocenters. The zero-order valence-electron chi connectivity index (χ0n) is 6.34. The molecule has 0 bridgehead atoms. The molecular weight excluding hydrogens is 190 g/mol. The highest BCUT2D eigenvalue weighted by molar-refractivity contribution is 7.79. The number of benzene rings is 1. The molecule has 0 spiro atoms. The number of aromatic amines is 1. The number of halogens is 1. The maximum Gasteiger partial charge on any atom is 0.0499 e. The summed E-state index contributed by atoms with van der Waals surface area (Å²) in [6.45, 7) is 0. The van der Waals surface area contributed by atoms with E-state index >= 15 is 0 Å². The smallest absolute Gasteiger partial charge is 0.0499 e. The van der Waals surface area contributed by atoms with Crippen LogP contribution in [0.5, 0.6) is 0 Å². The van der Waals surface area contributed by atoms with Gasteiger partial charge in [0.2, 0.25) is 0 Å². The number of aromatic nitrogens is 1. The average Bonchev–Trinajstić information content (AvgIpc) is 2.49. The predicted octanol–water partition coefficient (Wildman–Crippen LogP) is 3.25. The second-order valence-electron chi connectivity index (χ2n) is 2.65. The summed E-state index contributed by atoms with van der Waals surface area (Å²) in [5, 5.41) is 1.86. The number of H-pyrrole nitrogens is 1. The molecule has 0 fully saturated rings. The van der Waals surface area contributed by atoms with Crippen LogP contribution in [0.1, 0.15) is 5.69 Å². The molecule has 1 nitrogen and oxygen atoms in total. The molecule has 1 aromatic carbocycles. The fraction of sp³-hybridized carbons (Fsp3) is 0.111. The summed E-state index contributed by atoms with van der Waals surface area (Å²) < 4.78 is 0. The van der Waals surface area contributed by atoms with E-state index in [1.165, 1.54) is 0 Å². The highest BCUT2D eigenvalue weighted by atomic mass is 35.5. The van der Waals surface area contributed by atoms with Gasteiger partial charge in [0, 0.05) is 27.4 Å². The number of hydrogen-bond acceptors (Lipinski definition) is 1. The first-order chi connectivity index (χ1) is 5.81. The Labute approximate surface area is 81.1 Å². The van der Waals surface area contributed by atoms with Gasteiger partial charge in [-0.15, -0.1) is 0 Å². The third-order valence-electron chi connectivity index (χ3n) is 1.84. The van der Waals surface area contributed by atoms with Crippen molar-refractivity contribution >= 4 is 35.1 Å². The maximum absolute atomic E-state index is 5.98. The quantitative estimate of drug-likeness (QED) is 0.653. The van der Waals surface area contributed by atoms with Gasteiger partial charge in [-0.2, -0.15) is 12.6 Å². The Morgan fingerprint density at radius 2 is 2.25 bits per heavy atom. The summed E-state index contributed by atoms with van der Waals surface area (Å²) in [4.78, 5) is 3.23. The maximum atomic E-state index is 5.98. The Balaban J connectivity index is 2.74. The van der Waals surface area contributed by atoms with Gasteiger partial charge in [0.1, 0.15) is 0 Å². The second kappa shape index (κ2) is 3.04. The fourth-order valence-corrected chi connectivity index (χ4v) is 1.66. The highest BCUT2D eigenvalue weighted by Crippen LogP contribution is 2.24. The number of fused-ring (bicyclic) bond motifs is 1. The minimum absolute atomic E-state index is 0.713. The average molecular weight is 198 g/mol. The van der Waals surface area contributed by atoms with E-state index in [1.807, 2.05) is 24.3 Å². The lowest BCUT2D eigenvalue weighted by molar-refractivity contribution is 1.27. The molecule has 0 radical (unpaired) electrons. The van der Waals surface area contributed by atoms with E-state index in [4.69, 9.17) is 11.6 Å². The van der Waals surface area contributed by atoms with Crippen molar-refractivity contribution in [1.29, 1.82) is 0 Å². The van der Waals surface area contributed by atoms with Crippen molar-refractivity contribution in [1.82, 2.24) is 4.98 Å². The van der Waals surface area contributed by atoms with E-state index < -0.39 is 0 Å². The van der Waals surface area contributed by atoms with Crippen LogP contribution in [-0.4, -0.2) is 4.98 Å². The number of nitrogens with one attached hydrogen (secondary N) is 1. The zero-order chi connectivity index (χ0) is 8.55. The van der Waals surface area contributed by atoms with Crippen molar-refractivity contribution in [2.75, 3.05) is 0 Å². The Hall–Kier alpha value is -0.600. The van der Waals surface area contributed by atoms with Crippen LogP contribution in [0.25, 0.3) is 10.9 Å². The fourth-order valence-electron chi connectivity index (χ4n) is 1.26. The Kier molecular flexibility index (Phi) is 2.03. The van der Waals surface area contributed by atoms with E-state index in [0.29, 0.717) is 5.75 Å². The van der Waals surface area contributed by atoms with Crippen LogP contribution in [0.4, 0.5) is 0 Å². The first-order valence-electron chi connectivity index (χ1n) is 3.68. The molecule has 2 rings (SSSR count). The van der Waals surface area contributed by atoms with Crippen molar-refractivity contribution in [2.45, 2.75) is 5.75 Å². The minimum Gasteiger partial charge on any atom is -0.358 e. The zero-order valence-corrected chi connectivity index (χ0v) is 7.99. The summed E-state index contributed by atoms with van der Waals surface area (Å²) in [5.74, 6) is 0.713. The largest absolute Gasteiger partial charge is 0.358 e. The van der Waals surface area contributed by atoms with Gasteiger partial charge in [-0.1, -0.05) is 17.7 Å². The van der Waals surface area contributed by atoms with Crippen LogP contribution < -0.4 is 0 Å². The van der Waals surface area contributed by atoms with E-state index in [2.05, 4.69) is 17.6 Å². The van der Waals surface area contributed by atoms with Crippen LogP contribution in [-0.2, 0) is 5.75 Å². The normalized spacial score (nSPS) is 10.8. The summed E-state index contributed by atoms with van der Waals surface area (Å²) in [5.41, 5.74) is 2.17. The van der Waals surface area contributed by atoms with Crippen molar-refractivity contribution in [2.24, 2.45) is 0 Å². The molecule has 0 saturated heterocycles. The second-order valence-corrected chi connectivity index (χ2v) is 3.38. The van der Waals surface area contributed by atoms with Gasteiger partial charge >= 0.3 is 0 Å². The lowest BCUT2D eigenvalue weighted by Gasteiger charge is -1.89. The van der Waals surface area contributed by atoms with E-state index in [1.54, 1.807) is 0 Å². The topological polar surface area (TPSA) is 15.8 Å². The van der Waals surface area contributed by atoms with Crippen molar-refractivity contribution < 1.29 is 0 Å². The van der Waals surface area contributed by atoms with Gasteiger partial charge in [-0.05, 0) is 18.2 Å². The number of thiol groups is 1.